The topological polar surface area (TPSA) is 104 Å². The van der Waals surface area contributed by atoms with Gasteiger partial charge in [0.2, 0.25) is 10.0 Å². The number of carboxylic acids is 1. The number of rotatable bonds is 5. The second kappa shape index (κ2) is 5.76. The minimum absolute atomic E-state index is 0.00744. The average molecular weight is 409 g/mol. The molecule has 96 valence electrons. The summed E-state index contributed by atoms with van der Waals surface area (Å²) in [5, 5.41) is 17.4. The Morgan fingerprint density at radius 1 is 1.53 bits per heavy atom. The maximum Gasteiger partial charge on any atom is 0.333 e. The van der Waals surface area contributed by atoms with Crippen LogP contribution in [-0.2, 0) is 14.8 Å². The van der Waals surface area contributed by atoms with Gasteiger partial charge in [0.1, 0.15) is 4.90 Å². The number of carbonyl (C=O) groups is 1. The first-order chi connectivity index (χ1) is 7.74. The molecule has 6 nitrogen and oxygen atoms in total. The fourth-order valence-electron chi connectivity index (χ4n) is 0.862. The van der Waals surface area contributed by atoms with E-state index in [4.69, 9.17) is 10.2 Å². The van der Waals surface area contributed by atoms with Crippen molar-refractivity contribution < 1.29 is 23.4 Å². The number of aliphatic carboxylic acids is 1. The van der Waals surface area contributed by atoms with E-state index in [1.54, 1.807) is 0 Å². The van der Waals surface area contributed by atoms with Gasteiger partial charge in [0.15, 0.2) is 6.10 Å². The SMILES string of the molecule is O=C(O)[C@@H](O)CNS(=O)(=O)c1cc(Br)sc1Br. The number of thiophene rings is 1. The van der Waals surface area contributed by atoms with Crippen molar-refractivity contribution in [1.29, 1.82) is 0 Å². The fourth-order valence-corrected chi connectivity index (χ4v) is 5.71. The predicted molar refractivity (Wildman–Crippen MR) is 68.6 cm³/mol. The monoisotopic (exact) mass is 407 g/mol. The van der Waals surface area contributed by atoms with Crippen LogP contribution in [0.1, 0.15) is 0 Å². The molecule has 0 amide bonds. The quantitative estimate of drug-likeness (QED) is 0.674. The molecule has 0 unspecified atom stereocenters. The Labute approximate surface area is 118 Å². The number of hydrogen-bond acceptors (Lipinski definition) is 5. The third kappa shape index (κ3) is 4.00. The average Bonchev–Trinajstić information content (AvgIpc) is 2.55. The standard InChI is InChI=1S/C7H7Br2NO5S2/c8-5-1-4(6(9)16-5)17(14,15)10-2-3(11)7(12)13/h1,3,10-11H,2H2,(H,12,13)/t3-/m0/s1. The lowest BCUT2D eigenvalue weighted by Gasteiger charge is -2.07. The van der Waals surface area contributed by atoms with Crippen molar-refractivity contribution in [2.45, 2.75) is 11.0 Å². The smallest absolute Gasteiger partial charge is 0.333 e. The van der Waals surface area contributed by atoms with Crippen LogP contribution in [0.2, 0.25) is 0 Å². The Morgan fingerprint density at radius 2 is 2.12 bits per heavy atom. The molecule has 1 rings (SSSR count). The zero-order valence-electron chi connectivity index (χ0n) is 8.05. The summed E-state index contributed by atoms with van der Waals surface area (Å²) in [6.07, 6.45) is -1.77. The van der Waals surface area contributed by atoms with Crippen molar-refractivity contribution in [3.05, 3.63) is 13.6 Å². The Morgan fingerprint density at radius 3 is 2.53 bits per heavy atom. The second-order valence-corrected chi connectivity index (χ2v) is 8.38. The highest BCUT2D eigenvalue weighted by molar-refractivity contribution is 9.12. The lowest BCUT2D eigenvalue weighted by molar-refractivity contribution is -0.146. The summed E-state index contributed by atoms with van der Waals surface area (Å²) in [6, 6.07) is 1.38. The highest BCUT2D eigenvalue weighted by atomic mass is 79.9. The number of aliphatic hydroxyl groups is 1. The van der Waals surface area contributed by atoms with Crippen molar-refractivity contribution in [2.24, 2.45) is 0 Å². The van der Waals surface area contributed by atoms with E-state index < -0.39 is 28.6 Å². The maximum absolute atomic E-state index is 11.7. The number of hydrogen-bond donors (Lipinski definition) is 3. The molecule has 10 heteroatoms. The number of halogens is 2. The molecule has 0 saturated carbocycles. The molecule has 1 atom stereocenters. The lowest BCUT2D eigenvalue weighted by Crippen LogP contribution is -2.36. The van der Waals surface area contributed by atoms with Crippen molar-refractivity contribution >= 4 is 59.2 Å². The summed E-state index contributed by atoms with van der Waals surface area (Å²) in [7, 11) is -3.84. The van der Waals surface area contributed by atoms with E-state index in [0.717, 1.165) is 0 Å². The molecule has 1 heterocycles. The van der Waals surface area contributed by atoms with Crippen LogP contribution >= 0.6 is 43.2 Å². The summed E-state index contributed by atoms with van der Waals surface area (Å²) in [6.45, 7) is -0.586. The van der Waals surface area contributed by atoms with Gasteiger partial charge in [-0.15, -0.1) is 11.3 Å². The van der Waals surface area contributed by atoms with E-state index in [-0.39, 0.29) is 4.90 Å². The van der Waals surface area contributed by atoms with Gasteiger partial charge in [-0.3, -0.25) is 0 Å². The molecule has 0 saturated heterocycles. The highest BCUT2D eigenvalue weighted by Gasteiger charge is 2.23. The van der Waals surface area contributed by atoms with Crippen molar-refractivity contribution in [3.63, 3.8) is 0 Å². The molecule has 0 bridgehead atoms. The Bertz CT molecular complexity index is 526. The molecule has 0 aliphatic carbocycles. The van der Waals surface area contributed by atoms with Gasteiger partial charge in [0, 0.05) is 6.54 Å². The minimum atomic E-state index is -3.84. The molecule has 17 heavy (non-hydrogen) atoms. The molecule has 0 spiro atoms. The lowest BCUT2D eigenvalue weighted by atomic mass is 10.4. The van der Waals surface area contributed by atoms with Gasteiger partial charge < -0.3 is 10.2 Å². The number of carboxylic acid groups (broad SMARTS) is 1. The molecule has 0 aromatic carbocycles. The summed E-state index contributed by atoms with van der Waals surface area (Å²) >= 11 is 7.38. The summed E-state index contributed by atoms with van der Waals surface area (Å²) in [5.74, 6) is -1.49. The molecule has 0 aliphatic rings. The van der Waals surface area contributed by atoms with Gasteiger partial charge in [-0.1, -0.05) is 0 Å². The molecule has 3 N–H and O–H groups in total. The van der Waals surface area contributed by atoms with Gasteiger partial charge in [-0.05, 0) is 37.9 Å². The second-order valence-electron chi connectivity index (χ2n) is 2.89. The maximum atomic E-state index is 11.7. The zero-order valence-corrected chi connectivity index (χ0v) is 12.9. The fraction of sp³-hybridized carbons (Fsp3) is 0.286. The van der Waals surface area contributed by atoms with Crippen molar-refractivity contribution in [3.8, 4) is 0 Å². The van der Waals surface area contributed by atoms with Gasteiger partial charge in [-0.2, -0.15) is 0 Å². The normalized spacial score (nSPS) is 13.6. The molecule has 0 radical (unpaired) electrons. The first kappa shape index (κ1) is 15.1. The predicted octanol–water partition coefficient (Wildman–Crippen LogP) is 0.997. The van der Waals surface area contributed by atoms with Crippen LogP contribution in [-0.4, -0.2) is 37.2 Å². The Balaban J connectivity index is 2.83. The van der Waals surface area contributed by atoms with E-state index >= 15 is 0 Å². The van der Waals surface area contributed by atoms with Crippen molar-refractivity contribution in [2.75, 3.05) is 6.54 Å². The molecule has 0 aliphatic heterocycles. The van der Waals surface area contributed by atoms with Crippen LogP contribution in [0, 0.1) is 0 Å². The molecule has 1 aromatic heterocycles. The van der Waals surface area contributed by atoms with E-state index in [0.29, 0.717) is 7.57 Å². The molecule has 1 aromatic rings. The van der Waals surface area contributed by atoms with Crippen LogP contribution in [0.4, 0.5) is 0 Å². The van der Waals surface area contributed by atoms with E-state index in [1.807, 2.05) is 4.72 Å². The molecule has 0 fully saturated rings. The number of nitrogens with one attached hydrogen (secondary N) is 1. The van der Waals surface area contributed by atoms with Gasteiger partial charge in [0.05, 0.1) is 7.57 Å². The van der Waals surface area contributed by atoms with Crippen LogP contribution < -0.4 is 4.72 Å². The van der Waals surface area contributed by atoms with E-state index in [1.165, 1.54) is 17.4 Å². The summed E-state index contributed by atoms with van der Waals surface area (Å²) in [5.41, 5.74) is 0. The van der Waals surface area contributed by atoms with Gasteiger partial charge >= 0.3 is 5.97 Å². The van der Waals surface area contributed by atoms with Gasteiger partial charge in [-0.25, -0.2) is 17.9 Å². The van der Waals surface area contributed by atoms with E-state index in [9.17, 15) is 13.2 Å². The number of aliphatic hydroxyl groups excluding tert-OH is 1. The summed E-state index contributed by atoms with van der Waals surface area (Å²) in [4.78, 5) is 10.3. The van der Waals surface area contributed by atoms with Crippen molar-refractivity contribution in [1.82, 2.24) is 4.72 Å². The van der Waals surface area contributed by atoms with Gasteiger partial charge in [0.25, 0.3) is 0 Å². The Kier molecular flexibility index (Phi) is 5.10. The van der Waals surface area contributed by atoms with E-state index in [2.05, 4.69) is 31.9 Å². The van der Waals surface area contributed by atoms with Crippen LogP contribution in [0.25, 0.3) is 0 Å². The third-order valence-electron chi connectivity index (χ3n) is 1.67. The van der Waals surface area contributed by atoms with Crippen LogP contribution in [0.15, 0.2) is 18.5 Å². The molecular weight excluding hydrogens is 402 g/mol. The largest absolute Gasteiger partial charge is 0.479 e. The first-order valence-electron chi connectivity index (χ1n) is 4.09. The van der Waals surface area contributed by atoms with Crippen LogP contribution in [0.5, 0.6) is 0 Å². The molecular formula is C7H7Br2NO5S2. The Hall–Kier alpha value is -0.000000000000000333. The summed E-state index contributed by atoms with van der Waals surface area (Å²) < 4.78 is 26.5. The van der Waals surface area contributed by atoms with Crippen LogP contribution in [0.3, 0.4) is 0 Å². The number of sulfonamides is 1. The first-order valence-corrected chi connectivity index (χ1v) is 7.98. The third-order valence-corrected chi connectivity index (χ3v) is 5.85. The highest BCUT2D eigenvalue weighted by Crippen LogP contribution is 2.34. The minimum Gasteiger partial charge on any atom is -0.479 e. The zero-order chi connectivity index (χ0) is 13.2.